The van der Waals surface area contributed by atoms with Crippen molar-refractivity contribution in [1.82, 2.24) is 10.2 Å². The highest BCUT2D eigenvalue weighted by molar-refractivity contribution is 8.00. The Morgan fingerprint density at radius 1 is 1.50 bits per heavy atom. The van der Waals surface area contributed by atoms with E-state index in [1.165, 1.54) is 29.2 Å². The Hall–Kier alpha value is -1.67. The molecule has 2 N–H and O–H groups in total. The molecule has 1 heterocycles. The average molecular weight is 282 g/mol. The van der Waals surface area contributed by atoms with Crippen molar-refractivity contribution in [2.75, 3.05) is 5.73 Å². The van der Waals surface area contributed by atoms with Crippen molar-refractivity contribution >= 4 is 34.5 Å². The number of nitrogens with two attached hydrogens (primary N) is 1. The Kier molecular flexibility index (Phi) is 3.78. The first-order valence-corrected chi connectivity index (χ1v) is 6.83. The standard InChI is InChI=1S/C10H10N4O2S2/c1-6-12-13-10(18-6)17-5-7-3-2-4-8(9(7)11)14(15)16/h2-4H,5,11H2,1H3. The normalized spacial score (nSPS) is 10.5. The van der Waals surface area contributed by atoms with Gasteiger partial charge < -0.3 is 5.73 Å². The third-order valence-electron chi connectivity index (χ3n) is 2.23. The molecule has 0 aliphatic heterocycles. The van der Waals surface area contributed by atoms with Crippen molar-refractivity contribution in [1.29, 1.82) is 0 Å². The number of para-hydroxylation sites is 1. The molecule has 0 aliphatic rings. The molecule has 0 spiro atoms. The zero-order chi connectivity index (χ0) is 13.1. The summed E-state index contributed by atoms with van der Waals surface area (Å²) in [6, 6.07) is 4.82. The van der Waals surface area contributed by atoms with Crippen LogP contribution in [0.2, 0.25) is 0 Å². The van der Waals surface area contributed by atoms with E-state index < -0.39 is 4.92 Å². The maximum atomic E-state index is 10.8. The Morgan fingerprint density at radius 2 is 2.28 bits per heavy atom. The van der Waals surface area contributed by atoms with Crippen LogP contribution in [0.3, 0.4) is 0 Å². The van der Waals surface area contributed by atoms with Crippen molar-refractivity contribution < 1.29 is 4.92 Å². The summed E-state index contributed by atoms with van der Waals surface area (Å²) in [5.41, 5.74) is 6.67. The number of nitro groups is 1. The molecule has 18 heavy (non-hydrogen) atoms. The predicted molar refractivity (Wildman–Crippen MR) is 71.7 cm³/mol. The average Bonchev–Trinajstić information content (AvgIpc) is 2.73. The summed E-state index contributed by atoms with van der Waals surface area (Å²) in [7, 11) is 0. The number of nitrogens with zero attached hydrogens (tertiary/aromatic N) is 3. The summed E-state index contributed by atoms with van der Waals surface area (Å²) in [4.78, 5) is 10.3. The van der Waals surface area contributed by atoms with Gasteiger partial charge >= 0.3 is 0 Å². The minimum Gasteiger partial charge on any atom is -0.393 e. The first kappa shape index (κ1) is 12.8. The minimum absolute atomic E-state index is 0.0541. The molecular formula is C10H10N4O2S2. The summed E-state index contributed by atoms with van der Waals surface area (Å²) >= 11 is 2.96. The highest BCUT2D eigenvalue weighted by Gasteiger charge is 2.14. The highest BCUT2D eigenvalue weighted by atomic mass is 32.2. The first-order chi connectivity index (χ1) is 8.58. The Morgan fingerprint density at radius 3 is 2.89 bits per heavy atom. The van der Waals surface area contributed by atoms with Crippen molar-refractivity contribution in [3.63, 3.8) is 0 Å². The summed E-state index contributed by atoms with van der Waals surface area (Å²) in [6.45, 7) is 1.88. The second kappa shape index (κ2) is 5.32. The second-order valence-electron chi connectivity index (χ2n) is 3.48. The van der Waals surface area contributed by atoms with Crippen molar-refractivity contribution in [3.8, 4) is 0 Å². The van der Waals surface area contributed by atoms with E-state index in [2.05, 4.69) is 10.2 Å². The SMILES string of the molecule is Cc1nnc(SCc2cccc([N+](=O)[O-])c2N)s1. The van der Waals surface area contributed by atoms with Crippen LogP contribution in [-0.2, 0) is 5.75 Å². The molecule has 0 unspecified atom stereocenters. The number of hydrogen-bond donors (Lipinski definition) is 1. The van der Waals surface area contributed by atoms with Crippen LogP contribution in [0, 0.1) is 17.0 Å². The Bertz CT molecular complexity index is 585. The molecule has 0 radical (unpaired) electrons. The van der Waals surface area contributed by atoms with Crippen LogP contribution < -0.4 is 5.73 Å². The summed E-state index contributed by atoms with van der Waals surface area (Å²) < 4.78 is 0.832. The number of aryl methyl sites for hydroxylation is 1. The van der Waals surface area contributed by atoms with Gasteiger partial charge in [-0.25, -0.2) is 0 Å². The topological polar surface area (TPSA) is 94.9 Å². The predicted octanol–water partition coefficient (Wildman–Crippen LogP) is 2.63. The maximum absolute atomic E-state index is 10.8. The molecule has 94 valence electrons. The van der Waals surface area contributed by atoms with Crippen LogP contribution in [-0.4, -0.2) is 15.1 Å². The van der Waals surface area contributed by atoms with Gasteiger partial charge in [-0.15, -0.1) is 10.2 Å². The van der Waals surface area contributed by atoms with Crippen LogP contribution in [0.1, 0.15) is 10.6 Å². The maximum Gasteiger partial charge on any atom is 0.292 e. The van der Waals surface area contributed by atoms with E-state index >= 15 is 0 Å². The zero-order valence-electron chi connectivity index (χ0n) is 9.49. The van der Waals surface area contributed by atoms with E-state index in [-0.39, 0.29) is 11.4 Å². The lowest BCUT2D eigenvalue weighted by Crippen LogP contribution is -1.99. The van der Waals surface area contributed by atoms with Gasteiger partial charge in [-0.05, 0) is 12.5 Å². The molecule has 2 rings (SSSR count). The van der Waals surface area contributed by atoms with Crippen LogP contribution >= 0.6 is 23.1 Å². The van der Waals surface area contributed by atoms with Crippen LogP contribution in [0.4, 0.5) is 11.4 Å². The quantitative estimate of drug-likeness (QED) is 0.401. The number of benzene rings is 1. The molecule has 1 aromatic carbocycles. The molecule has 6 nitrogen and oxygen atoms in total. The number of hydrogen-bond acceptors (Lipinski definition) is 7. The summed E-state index contributed by atoms with van der Waals surface area (Å²) in [6.07, 6.45) is 0. The minimum atomic E-state index is -0.474. The lowest BCUT2D eigenvalue weighted by Gasteiger charge is -2.04. The molecule has 8 heteroatoms. The third-order valence-corrected chi connectivity index (χ3v) is 4.25. The lowest BCUT2D eigenvalue weighted by atomic mass is 10.2. The van der Waals surface area contributed by atoms with Gasteiger partial charge in [0, 0.05) is 11.8 Å². The van der Waals surface area contributed by atoms with Gasteiger partial charge in [0.2, 0.25) is 0 Å². The molecule has 0 amide bonds. The summed E-state index contributed by atoms with van der Waals surface area (Å²) in [5.74, 6) is 0.544. The number of anilines is 1. The zero-order valence-corrected chi connectivity index (χ0v) is 11.1. The van der Waals surface area contributed by atoms with Gasteiger partial charge in [-0.3, -0.25) is 10.1 Å². The van der Waals surface area contributed by atoms with Crippen molar-refractivity contribution in [3.05, 3.63) is 38.9 Å². The van der Waals surface area contributed by atoms with E-state index in [0.717, 1.165) is 14.9 Å². The van der Waals surface area contributed by atoms with Gasteiger partial charge in [0.25, 0.3) is 5.69 Å². The first-order valence-electron chi connectivity index (χ1n) is 5.02. The van der Waals surface area contributed by atoms with Gasteiger partial charge in [-0.2, -0.15) is 0 Å². The monoisotopic (exact) mass is 282 g/mol. The molecule has 0 aliphatic carbocycles. The number of nitrogen functional groups attached to an aromatic ring is 1. The van der Waals surface area contributed by atoms with E-state index in [0.29, 0.717) is 5.75 Å². The molecule has 0 saturated carbocycles. The summed E-state index contributed by atoms with van der Waals surface area (Å²) in [5, 5.41) is 19.5. The van der Waals surface area contributed by atoms with Gasteiger partial charge in [0.15, 0.2) is 4.34 Å². The van der Waals surface area contributed by atoms with E-state index in [1.807, 2.05) is 6.92 Å². The number of nitro benzene ring substituents is 1. The second-order valence-corrected chi connectivity index (χ2v) is 5.89. The smallest absolute Gasteiger partial charge is 0.292 e. The number of thioether (sulfide) groups is 1. The van der Waals surface area contributed by atoms with Crippen molar-refractivity contribution in [2.45, 2.75) is 17.0 Å². The van der Waals surface area contributed by atoms with Crippen LogP contribution in [0.15, 0.2) is 22.5 Å². The third kappa shape index (κ3) is 2.77. The molecule has 1 aromatic heterocycles. The molecule has 0 saturated heterocycles. The van der Waals surface area contributed by atoms with Gasteiger partial charge in [0.1, 0.15) is 10.7 Å². The molecule has 0 atom stereocenters. The van der Waals surface area contributed by atoms with E-state index in [4.69, 9.17) is 5.73 Å². The van der Waals surface area contributed by atoms with Gasteiger partial charge in [-0.1, -0.05) is 35.2 Å². The molecular weight excluding hydrogens is 272 g/mol. The number of aromatic nitrogens is 2. The molecule has 0 fully saturated rings. The fraction of sp³-hybridized carbons (Fsp3) is 0.200. The van der Waals surface area contributed by atoms with Crippen LogP contribution in [0.25, 0.3) is 0 Å². The highest BCUT2D eigenvalue weighted by Crippen LogP contribution is 2.31. The fourth-order valence-corrected chi connectivity index (χ4v) is 3.18. The fourth-order valence-electron chi connectivity index (χ4n) is 1.36. The number of rotatable bonds is 4. The van der Waals surface area contributed by atoms with Crippen molar-refractivity contribution in [2.24, 2.45) is 0 Å². The van der Waals surface area contributed by atoms with Crippen LogP contribution in [0.5, 0.6) is 0 Å². The largest absolute Gasteiger partial charge is 0.393 e. The Labute approximate surface area is 111 Å². The van der Waals surface area contributed by atoms with Gasteiger partial charge in [0.05, 0.1) is 4.92 Å². The Balaban J connectivity index is 2.14. The van der Waals surface area contributed by atoms with E-state index in [9.17, 15) is 10.1 Å². The van der Waals surface area contributed by atoms with E-state index in [1.54, 1.807) is 12.1 Å². The molecule has 2 aromatic rings. The molecule has 0 bridgehead atoms. The lowest BCUT2D eigenvalue weighted by molar-refractivity contribution is -0.383.